The molecule has 1 aliphatic heterocycles. The molecule has 3 heteroatoms. The summed E-state index contributed by atoms with van der Waals surface area (Å²) in [5, 5.41) is 12.6. The zero-order valence-electron chi connectivity index (χ0n) is 8.95. The van der Waals surface area contributed by atoms with Crippen molar-refractivity contribution in [3.8, 4) is 0 Å². The molecule has 0 aromatic heterocycles. The summed E-state index contributed by atoms with van der Waals surface area (Å²) in [6.45, 7) is 8.88. The number of rotatable bonds is 3. The van der Waals surface area contributed by atoms with Crippen LogP contribution >= 0.6 is 0 Å². The van der Waals surface area contributed by atoms with Crippen molar-refractivity contribution in [3.05, 3.63) is 0 Å². The molecule has 0 bridgehead atoms. The highest BCUT2D eigenvalue weighted by molar-refractivity contribution is 4.86. The number of nitrogens with zero attached hydrogens (tertiary/aromatic N) is 1. The van der Waals surface area contributed by atoms with Crippen LogP contribution in [0.25, 0.3) is 0 Å². The summed E-state index contributed by atoms with van der Waals surface area (Å²) in [6.07, 6.45) is 1.16. The smallest absolute Gasteiger partial charge is 0.0599 e. The van der Waals surface area contributed by atoms with E-state index < -0.39 is 0 Å². The molecular formula is C10H22N2O. The summed E-state index contributed by atoms with van der Waals surface area (Å²) in [7, 11) is 0. The number of aliphatic hydroxyl groups excluding tert-OH is 1. The molecule has 1 fully saturated rings. The first kappa shape index (κ1) is 11.0. The molecule has 1 aliphatic rings. The predicted octanol–water partition coefficient (Wildman–Crippen LogP) is 0.439. The van der Waals surface area contributed by atoms with Gasteiger partial charge in [-0.2, -0.15) is 0 Å². The Morgan fingerprint density at radius 1 is 1.62 bits per heavy atom. The number of hydrogen-bond donors (Lipinski definition) is 2. The molecule has 0 radical (unpaired) electrons. The minimum absolute atomic E-state index is 0.268. The van der Waals surface area contributed by atoms with Gasteiger partial charge >= 0.3 is 0 Å². The summed E-state index contributed by atoms with van der Waals surface area (Å²) in [5.41, 5.74) is 0. The number of nitrogens with one attached hydrogen (secondary N) is 1. The summed E-state index contributed by atoms with van der Waals surface area (Å²) in [4.78, 5) is 2.42. The Labute approximate surface area is 81.1 Å². The van der Waals surface area contributed by atoms with Gasteiger partial charge in [0, 0.05) is 31.2 Å². The van der Waals surface area contributed by atoms with Gasteiger partial charge in [0.15, 0.2) is 0 Å². The summed E-state index contributed by atoms with van der Waals surface area (Å²) in [6, 6.07) is 1.45. The Bertz CT molecular complexity index is 152. The maximum atomic E-state index is 9.21. The highest BCUT2D eigenvalue weighted by Crippen LogP contribution is 2.12. The van der Waals surface area contributed by atoms with E-state index in [1.54, 1.807) is 0 Å². The van der Waals surface area contributed by atoms with Gasteiger partial charge in [0.25, 0.3) is 0 Å². The second kappa shape index (κ2) is 4.94. The van der Waals surface area contributed by atoms with Crippen LogP contribution in [0.2, 0.25) is 0 Å². The van der Waals surface area contributed by atoms with Gasteiger partial charge in [-0.15, -0.1) is 0 Å². The highest BCUT2D eigenvalue weighted by Gasteiger charge is 2.27. The van der Waals surface area contributed by atoms with Gasteiger partial charge < -0.3 is 10.4 Å². The van der Waals surface area contributed by atoms with Gasteiger partial charge in [-0.25, -0.2) is 0 Å². The lowest BCUT2D eigenvalue weighted by atomic mass is 10.1. The standard InChI is InChI=1S/C10H22N2O/c1-4-9(3)12-6-8(2)11-5-10(12)7-13/h8-11,13H,4-7H2,1-3H3. The Hall–Kier alpha value is -0.120. The predicted molar refractivity (Wildman–Crippen MR) is 54.8 cm³/mol. The fourth-order valence-electron chi connectivity index (χ4n) is 1.93. The van der Waals surface area contributed by atoms with Crippen LogP contribution < -0.4 is 5.32 Å². The van der Waals surface area contributed by atoms with Crippen molar-refractivity contribution < 1.29 is 5.11 Å². The van der Waals surface area contributed by atoms with Gasteiger partial charge in [-0.1, -0.05) is 6.92 Å². The number of aliphatic hydroxyl groups is 1. The number of hydrogen-bond acceptors (Lipinski definition) is 3. The zero-order chi connectivity index (χ0) is 9.84. The van der Waals surface area contributed by atoms with E-state index in [9.17, 15) is 5.11 Å². The molecule has 1 saturated heterocycles. The Morgan fingerprint density at radius 3 is 2.85 bits per heavy atom. The Balaban J connectivity index is 2.54. The van der Waals surface area contributed by atoms with Crippen LogP contribution in [0, 0.1) is 0 Å². The quantitative estimate of drug-likeness (QED) is 0.671. The third-order valence-corrected chi connectivity index (χ3v) is 3.02. The fraction of sp³-hybridized carbons (Fsp3) is 1.00. The first-order valence-electron chi connectivity index (χ1n) is 5.29. The molecule has 3 atom stereocenters. The van der Waals surface area contributed by atoms with Gasteiger partial charge in [-0.05, 0) is 20.3 Å². The Morgan fingerprint density at radius 2 is 2.31 bits per heavy atom. The molecule has 0 aliphatic carbocycles. The average Bonchev–Trinajstić information content (AvgIpc) is 2.16. The lowest BCUT2D eigenvalue weighted by Crippen LogP contribution is -2.59. The van der Waals surface area contributed by atoms with Crippen molar-refractivity contribution in [2.45, 2.75) is 45.3 Å². The largest absolute Gasteiger partial charge is 0.395 e. The second-order valence-electron chi connectivity index (χ2n) is 4.10. The molecule has 13 heavy (non-hydrogen) atoms. The molecular weight excluding hydrogens is 164 g/mol. The average molecular weight is 186 g/mol. The minimum atomic E-state index is 0.268. The van der Waals surface area contributed by atoms with Crippen molar-refractivity contribution in [3.63, 3.8) is 0 Å². The van der Waals surface area contributed by atoms with Crippen LogP contribution in [0.15, 0.2) is 0 Å². The molecule has 78 valence electrons. The third kappa shape index (κ3) is 2.66. The molecule has 0 aromatic carbocycles. The molecule has 0 amide bonds. The SMILES string of the molecule is CCC(C)N1CC(C)NCC1CO. The zero-order valence-corrected chi connectivity index (χ0v) is 8.95. The highest BCUT2D eigenvalue weighted by atomic mass is 16.3. The van der Waals surface area contributed by atoms with Gasteiger partial charge in [-0.3, -0.25) is 4.90 Å². The topological polar surface area (TPSA) is 35.5 Å². The molecule has 0 spiro atoms. The molecule has 3 unspecified atom stereocenters. The minimum Gasteiger partial charge on any atom is -0.395 e. The lowest BCUT2D eigenvalue weighted by molar-refractivity contribution is 0.0524. The maximum absolute atomic E-state index is 9.21. The van der Waals surface area contributed by atoms with E-state index in [0.717, 1.165) is 19.5 Å². The Kier molecular flexibility index (Phi) is 4.16. The molecule has 0 saturated carbocycles. The maximum Gasteiger partial charge on any atom is 0.0599 e. The van der Waals surface area contributed by atoms with E-state index in [1.165, 1.54) is 0 Å². The molecule has 3 nitrogen and oxygen atoms in total. The van der Waals surface area contributed by atoms with Crippen LogP contribution in [0.5, 0.6) is 0 Å². The van der Waals surface area contributed by atoms with Gasteiger partial charge in [0.05, 0.1) is 6.61 Å². The fourth-order valence-corrected chi connectivity index (χ4v) is 1.93. The first-order chi connectivity index (χ1) is 6.19. The third-order valence-electron chi connectivity index (χ3n) is 3.02. The summed E-state index contributed by atoms with van der Waals surface area (Å²) >= 11 is 0. The molecule has 1 rings (SSSR count). The summed E-state index contributed by atoms with van der Waals surface area (Å²) < 4.78 is 0. The van der Waals surface area contributed by atoms with Crippen molar-refractivity contribution >= 4 is 0 Å². The van der Waals surface area contributed by atoms with E-state index in [-0.39, 0.29) is 6.61 Å². The van der Waals surface area contributed by atoms with Crippen molar-refractivity contribution in [1.82, 2.24) is 10.2 Å². The normalized spacial score (nSPS) is 33.2. The van der Waals surface area contributed by atoms with Crippen LogP contribution in [0.4, 0.5) is 0 Å². The number of piperazine rings is 1. The molecule has 0 aromatic rings. The van der Waals surface area contributed by atoms with Crippen LogP contribution in [0.3, 0.4) is 0 Å². The van der Waals surface area contributed by atoms with Crippen LogP contribution in [0.1, 0.15) is 27.2 Å². The van der Waals surface area contributed by atoms with E-state index in [1.807, 2.05) is 0 Å². The molecule has 2 N–H and O–H groups in total. The lowest BCUT2D eigenvalue weighted by Gasteiger charge is -2.41. The van der Waals surface area contributed by atoms with E-state index in [2.05, 4.69) is 31.0 Å². The second-order valence-corrected chi connectivity index (χ2v) is 4.10. The van der Waals surface area contributed by atoms with Gasteiger partial charge in [0.1, 0.15) is 0 Å². The van der Waals surface area contributed by atoms with E-state index in [4.69, 9.17) is 0 Å². The summed E-state index contributed by atoms with van der Waals surface area (Å²) in [5.74, 6) is 0. The van der Waals surface area contributed by atoms with E-state index in [0.29, 0.717) is 18.1 Å². The molecule has 1 heterocycles. The van der Waals surface area contributed by atoms with Crippen LogP contribution in [-0.2, 0) is 0 Å². The van der Waals surface area contributed by atoms with Gasteiger partial charge in [0.2, 0.25) is 0 Å². The monoisotopic (exact) mass is 186 g/mol. The van der Waals surface area contributed by atoms with Crippen molar-refractivity contribution in [1.29, 1.82) is 0 Å². The van der Waals surface area contributed by atoms with E-state index >= 15 is 0 Å². The van der Waals surface area contributed by atoms with Crippen molar-refractivity contribution in [2.75, 3.05) is 19.7 Å². The first-order valence-corrected chi connectivity index (χ1v) is 5.29. The van der Waals surface area contributed by atoms with Crippen molar-refractivity contribution in [2.24, 2.45) is 0 Å². The van der Waals surface area contributed by atoms with Crippen LogP contribution in [-0.4, -0.2) is 47.8 Å².